The minimum atomic E-state index is -0.332. The zero-order valence-electron chi connectivity index (χ0n) is 14.3. The number of aromatic nitrogens is 2. The van der Waals surface area contributed by atoms with Crippen LogP contribution >= 0.6 is 39.1 Å². The summed E-state index contributed by atoms with van der Waals surface area (Å²) in [7, 11) is 0. The number of halogens is 4. The normalized spacial score (nSPS) is 10.9. The van der Waals surface area contributed by atoms with Crippen molar-refractivity contribution in [3.8, 4) is 0 Å². The highest BCUT2D eigenvalue weighted by Crippen LogP contribution is 2.23. The Balaban J connectivity index is 1.75. The van der Waals surface area contributed by atoms with Gasteiger partial charge in [0.05, 0.1) is 17.8 Å². The van der Waals surface area contributed by atoms with Crippen molar-refractivity contribution in [3.05, 3.63) is 85.3 Å². The van der Waals surface area contributed by atoms with Crippen LogP contribution < -0.4 is 5.32 Å². The quantitative estimate of drug-likeness (QED) is 0.544. The maximum Gasteiger partial charge on any atom is 0.256 e. The van der Waals surface area contributed by atoms with E-state index in [1.807, 2.05) is 12.1 Å². The first-order valence-corrected chi connectivity index (χ1v) is 9.59. The minimum Gasteiger partial charge on any atom is -0.348 e. The number of hydrogen-bond acceptors (Lipinski definition) is 2. The molecule has 0 atom stereocenters. The van der Waals surface area contributed by atoms with Crippen LogP contribution in [0.3, 0.4) is 0 Å². The van der Waals surface area contributed by atoms with E-state index < -0.39 is 0 Å². The fourth-order valence-corrected chi connectivity index (χ4v) is 3.67. The Morgan fingerprint density at radius 1 is 1.22 bits per heavy atom. The first-order chi connectivity index (χ1) is 12.8. The lowest BCUT2D eigenvalue weighted by Gasteiger charge is -2.08. The number of carbonyl (C=O) groups is 1. The molecule has 3 rings (SSSR count). The lowest BCUT2D eigenvalue weighted by Crippen LogP contribution is -2.23. The summed E-state index contributed by atoms with van der Waals surface area (Å²) < 4.78 is 15.4. The third-order valence-electron chi connectivity index (χ3n) is 3.99. The Labute approximate surface area is 174 Å². The first kappa shape index (κ1) is 19.9. The SMILES string of the molecule is Cc1nn(Cc2ccc(F)cc2)c(Cl)c1C(=O)NCc1ccc(Br)cc1Cl. The van der Waals surface area contributed by atoms with Gasteiger partial charge < -0.3 is 5.32 Å². The average Bonchev–Trinajstić information content (AvgIpc) is 2.89. The molecule has 1 aromatic heterocycles. The standard InChI is InChI=1S/C19H15BrCl2FN3O/c1-11-17(19(27)24-9-13-4-5-14(20)8-16(13)21)18(22)26(25-11)10-12-2-6-15(23)7-3-12/h2-8H,9-10H2,1H3,(H,24,27). The molecule has 8 heteroatoms. The second-order valence-corrected chi connectivity index (χ2v) is 7.63. The van der Waals surface area contributed by atoms with E-state index in [0.29, 0.717) is 22.8 Å². The summed E-state index contributed by atoms with van der Waals surface area (Å²) in [5.74, 6) is -0.644. The van der Waals surface area contributed by atoms with Crippen LogP contribution in [0.25, 0.3) is 0 Å². The molecule has 1 amide bonds. The molecule has 0 aliphatic heterocycles. The lowest BCUT2D eigenvalue weighted by molar-refractivity contribution is 0.0950. The molecule has 3 aromatic rings. The molecule has 140 valence electrons. The number of benzene rings is 2. The highest BCUT2D eigenvalue weighted by atomic mass is 79.9. The third-order valence-corrected chi connectivity index (χ3v) is 5.22. The highest BCUT2D eigenvalue weighted by molar-refractivity contribution is 9.10. The van der Waals surface area contributed by atoms with Crippen LogP contribution in [0.1, 0.15) is 27.2 Å². The van der Waals surface area contributed by atoms with E-state index >= 15 is 0 Å². The number of nitrogens with zero attached hydrogens (tertiary/aromatic N) is 2. The summed E-state index contributed by atoms with van der Waals surface area (Å²) >= 11 is 15.9. The van der Waals surface area contributed by atoms with Crippen molar-refractivity contribution in [3.63, 3.8) is 0 Å². The molecular formula is C19H15BrCl2FN3O. The Kier molecular flexibility index (Phi) is 6.19. The van der Waals surface area contributed by atoms with Crippen LogP contribution in [0.2, 0.25) is 10.2 Å². The summed E-state index contributed by atoms with van der Waals surface area (Å²) in [5.41, 5.74) is 2.45. The monoisotopic (exact) mass is 469 g/mol. The smallest absolute Gasteiger partial charge is 0.256 e. The fourth-order valence-electron chi connectivity index (χ4n) is 2.61. The van der Waals surface area contributed by atoms with Crippen molar-refractivity contribution in [1.82, 2.24) is 15.1 Å². The molecule has 1 N–H and O–H groups in total. The molecule has 4 nitrogen and oxygen atoms in total. The van der Waals surface area contributed by atoms with Crippen LogP contribution in [0.15, 0.2) is 46.9 Å². The maximum atomic E-state index is 13.0. The van der Waals surface area contributed by atoms with Crippen molar-refractivity contribution in [2.75, 3.05) is 0 Å². The van der Waals surface area contributed by atoms with Crippen LogP contribution in [0.5, 0.6) is 0 Å². The van der Waals surface area contributed by atoms with Crippen molar-refractivity contribution < 1.29 is 9.18 Å². The Bertz CT molecular complexity index is 989. The van der Waals surface area contributed by atoms with E-state index in [1.54, 1.807) is 25.1 Å². The number of amides is 1. The highest BCUT2D eigenvalue weighted by Gasteiger charge is 2.20. The van der Waals surface area contributed by atoms with Gasteiger partial charge in [-0.05, 0) is 42.3 Å². The molecule has 0 radical (unpaired) electrons. The molecule has 0 unspecified atom stereocenters. The molecule has 0 bridgehead atoms. The zero-order chi connectivity index (χ0) is 19.6. The predicted octanol–water partition coefficient (Wildman–Crippen LogP) is 5.38. The summed E-state index contributed by atoms with van der Waals surface area (Å²) in [6, 6.07) is 11.5. The molecular weight excluding hydrogens is 456 g/mol. The lowest BCUT2D eigenvalue weighted by atomic mass is 10.2. The van der Waals surface area contributed by atoms with Crippen molar-refractivity contribution in [1.29, 1.82) is 0 Å². The molecule has 0 saturated carbocycles. The van der Waals surface area contributed by atoms with Gasteiger partial charge in [-0.3, -0.25) is 4.79 Å². The van der Waals surface area contributed by atoms with Crippen LogP contribution in [-0.4, -0.2) is 15.7 Å². The van der Waals surface area contributed by atoms with E-state index in [-0.39, 0.29) is 23.4 Å². The molecule has 0 aliphatic rings. The minimum absolute atomic E-state index is 0.233. The molecule has 1 heterocycles. The van der Waals surface area contributed by atoms with Crippen molar-refractivity contribution in [2.45, 2.75) is 20.0 Å². The second-order valence-electron chi connectivity index (χ2n) is 5.95. The fraction of sp³-hybridized carbons (Fsp3) is 0.158. The predicted molar refractivity (Wildman–Crippen MR) is 108 cm³/mol. The Hall–Kier alpha value is -1.89. The van der Waals surface area contributed by atoms with Crippen LogP contribution in [0, 0.1) is 12.7 Å². The second kappa shape index (κ2) is 8.42. The van der Waals surface area contributed by atoms with Gasteiger partial charge in [-0.2, -0.15) is 5.10 Å². The van der Waals surface area contributed by atoms with Crippen LogP contribution in [0.4, 0.5) is 4.39 Å². The maximum absolute atomic E-state index is 13.0. The number of nitrogens with one attached hydrogen (secondary N) is 1. The van der Waals surface area contributed by atoms with Crippen molar-refractivity contribution in [2.24, 2.45) is 0 Å². The Morgan fingerprint density at radius 2 is 1.93 bits per heavy atom. The summed E-state index contributed by atoms with van der Waals surface area (Å²) in [5, 5.41) is 7.93. The summed E-state index contributed by atoms with van der Waals surface area (Å²) in [4.78, 5) is 12.6. The summed E-state index contributed by atoms with van der Waals surface area (Å²) in [6.45, 7) is 2.32. The zero-order valence-corrected chi connectivity index (χ0v) is 17.4. The van der Waals surface area contributed by atoms with E-state index in [4.69, 9.17) is 23.2 Å². The molecule has 0 fully saturated rings. The molecule has 0 aliphatic carbocycles. The van der Waals surface area contributed by atoms with E-state index in [0.717, 1.165) is 15.6 Å². The van der Waals surface area contributed by atoms with E-state index in [1.165, 1.54) is 16.8 Å². The van der Waals surface area contributed by atoms with Gasteiger partial charge in [-0.1, -0.05) is 57.3 Å². The van der Waals surface area contributed by atoms with Gasteiger partial charge in [-0.15, -0.1) is 0 Å². The van der Waals surface area contributed by atoms with Crippen molar-refractivity contribution >= 4 is 45.0 Å². The number of rotatable bonds is 5. The van der Waals surface area contributed by atoms with E-state index in [2.05, 4.69) is 26.3 Å². The number of carbonyl (C=O) groups excluding carboxylic acids is 1. The third kappa shape index (κ3) is 4.69. The molecule has 0 spiro atoms. The molecule has 0 saturated heterocycles. The largest absolute Gasteiger partial charge is 0.348 e. The van der Waals surface area contributed by atoms with Gasteiger partial charge in [0, 0.05) is 16.0 Å². The Morgan fingerprint density at radius 3 is 2.59 bits per heavy atom. The molecule has 2 aromatic carbocycles. The van der Waals surface area contributed by atoms with E-state index in [9.17, 15) is 9.18 Å². The first-order valence-electron chi connectivity index (χ1n) is 8.04. The van der Waals surface area contributed by atoms with Gasteiger partial charge >= 0.3 is 0 Å². The summed E-state index contributed by atoms with van der Waals surface area (Å²) in [6.07, 6.45) is 0. The topological polar surface area (TPSA) is 46.9 Å². The number of hydrogen-bond donors (Lipinski definition) is 1. The molecule has 27 heavy (non-hydrogen) atoms. The van der Waals surface area contributed by atoms with Crippen LogP contribution in [-0.2, 0) is 13.1 Å². The number of aryl methyl sites for hydroxylation is 1. The van der Waals surface area contributed by atoms with Gasteiger partial charge in [0.15, 0.2) is 0 Å². The van der Waals surface area contributed by atoms with Gasteiger partial charge in [-0.25, -0.2) is 9.07 Å². The van der Waals surface area contributed by atoms with Gasteiger partial charge in [0.2, 0.25) is 0 Å². The van der Waals surface area contributed by atoms with Gasteiger partial charge in [0.25, 0.3) is 5.91 Å². The average molecular weight is 471 g/mol. The van der Waals surface area contributed by atoms with Gasteiger partial charge in [0.1, 0.15) is 11.0 Å².